The van der Waals surface area contributed by atoms with E-state index in [4.69, 9.17) is 5.39 Å². The molecule has 80 valence electrons. The minimum absolute atomic E-state index is 0.349. The van der Waals surface area contributed by atoms with Crippen LogP contribution in [0.15, 0.2) is 24.3 Å². The van der Waals surface area contributed by atoms with Crippen molar-refractivity contribution in [3.63, 3.8) is 0 Å². The van der Waals surface area contributed by atoms with Crippen LogP contribution in [0.1, 0.15) is 0 Å². The summed E-state index contributed by atoms with van der Waals surface area (Å²) in [7, 11) is 0. The van der Waals surface area contributed by atoms with E-state index in [1.165, 1.54) is 12.1 Å². The maximum Gasteiger partial charge on any atom is 0.461 e. The van der Waals surface area contributed by atoms with Gasteiger partial charge in [-0.3, -0.25) is 0 Å². The van der Waals surface area contributed by atoms with E-state index in [-0.39, 0.29) is 5.69 Å². The highest BCUT2D eigenvalue weighted by Crippen LogP contribution is 2.33. The number of para-hydroxylation sites is 1. The molecule has 15 heavy (non-hydrogen) atoms. The van der Waals surface area contributed by atoms with Crippen molar-refractivity contribution in [2.75, 3.05) is 0 Å². The molecule has 7 heteroatoms. The van der Waals surface area contributed by atoms with Crippen LogP contribution in [0, 0.1) is 5.39 Å². The van der Waals surface area contributed by atoms with Gasteiger partial charge in [-0.15, -0.1) is 0 Å². The van der Waals surface area contributed by atoms with Gasteiger partial charge in [-0.2, -0.15) is 17.6 Å². The lowest BCUT2D eigenvalue weighted by molar-refractivity contribution is -0.252. The van der Waals surface area contributed by atoms with Gasteiger partial charge in [-0.25, -0.2) is 0 Å². The van der Waals surface area contributed by atoms with Gasteiger partial charge in [0, 0.05) is 6.07 Å². The van der Waals surface area contributed by atoms with Gasteiger partial charge in [0.1, 0.15) is 0 Å². The van der Waals surface area contributed by atoms with Gasteiger partial charge in [-0.1, -0.05) is 12.1 Å². The van der Waals surface area contributed by atoms with Crippen LogP contribution in [0.25, 0.3) is 4.98 Å². The predicted molar refractivity (Wildman–Crippen MR) is 42.8 cm³/mol. The Morgan fingerprint density at radius 2 is 1.87 bits per heavy atom. The first-order chi connectivity index (χ1) is 6.97. The zero-order valence-electron chi connectivity index (χ0n) is 7.20. The van der Waals surface area contributed by atoms with Crippen LogP contribution in [0.2, 0.25) is 0 Å². The fourth-order valence-corrected chi connectivity index (χ4v) is 0.817. The molecule has 0 atom stereocenters. The number of halogens is 4. The first-order valence-corrected chi connectivity index (χ1v) is 3.76. The molecule has 0 amide bonds. The molecule has 0 aliphatic heterocycles. The minimum atomic E-state index is -4.61. The normalized spacial score (nSPS) is 11.2. The zero-order chi connectivity index (χ0) is 11.5. The molecule has 0 heterocycles. The first kappa shape index (κ1) is 11.2. The van der Waals surface area contributed by atoms with Gasteiger partial charge < -0.3 is 4.74 Å². The summed E-state index contributed by atoms with van der Waals surface area (Å²) in [5, 5.41) is 8.37. The molecule has 0 fully saturated rings. The standard InChI is InChI=1S/C8H5F4N2O/c9-7(10)8(11,12)15-6-4-2-1-3-5(6)14-13/h1-4,7H/q+1. The Bertz CT molecular complexity index is 388. The van der Waals surface area contributed by atoms with E-state index in [0.29, 0.717) is 0 Å². The van der Waals surface area contributed by atoms with Crippen molar-refractivity contribution in [2.45, 2.75) is 12.5 Å². The summed E-state index contributed by atoms with van der Waals surface area (Å²) in [5.74, 6) is -0.620. The molecule has 0 N–H and O–H groups in total. The van der Waals surface area contributed by atoms with Gasteiger partial charge in [0.25, 0.3) is 0 Å². The first-order valence-electron chi connectivity index (χ1n) is 3.76. The summed E-state index contributed by atoms with van der Waals surface area (Å²) in [6.45, 7) is 0. The molecule has 0 saturated carbocycles. The number of rotatable bonds is 3. The smallest absolute Gasteiger partial charge is 0.420 e. The summed E-state index contributed by atoms with van der Waals surface area (Å²) in [4.78, 5) is 2.61. The third kappa shape index (κ3) is 2.56. The lowest BCUT2D eigenvalue weighted by atomic mass is 10.3. The monoisotopic (exact) mass is 221 g/mol. The van der Waals surface area contributed by atoms with Crippen molar-refractivity contribution in [3.8, 4) is 5.75 Å². The summed E-state index contributed by atoms with van der Waals surface area (Å²) < 4.78 is 52.2. The predicted octanol–water partition coefficient (Wildman–Crippen LogP) is 3.41. The van der Waals surface area contributed by atoms with E-state index in [1.807, 2.05) is 0 Å². The highest BCUT2D eigenvalue weighted by Gasteiger charge is 2.45. The molecular weight excluding hydrogens is 216 g/mol. The van der Waals surface area contributed by atoms with Crippen LogP contribution < -0.4 is 4.74 Å². The number of diazo groups is 1. The molecule has 0 aliphatic rings. The molecule has 0 unspecified atom stereocenters. The van der Waals surface area contributed by atoms with E-state index in [1.54, 1.807) is 0 Å². The van der Waals surface area contributed by atoms with Crippen LogP contribution in [0.5, 0.6) is 5.75 Å². The van der Waals surface area contributed by atoms with Crippen molar-refractivity contribution < 1.29 is 22.3 Å². The summed E-state index contributed by atoms with van der Waals surface area (Å²) >= 11 is 0. The topological polar surface area (TPSA) is 37.4 Å². The third-order valence-electron chi connectivity index (χ3n) is 1.47. The quantitative estimate of drug-likeness (QED) is 0.579. The Balaban J connectivity index is 2.95. The summed E-state index contributed by atoms with van der Waals surface area (Å²) in [6, 6.07) is 4.79. The fraction of sp³-hybridized carbons (Fsp3) is 0.250. The third-order valence-corrected chi connectivity index (χ3v) is 1.47. The molecule has 3 nitrogen and oxygen atoms in total. The summed E-state index contributed by atoms with van der Waals surface area (Å²) in [5.41, 5.74) is -0.349. The molecule has 0 radical (unpaired) electrons. The SMILES string of the molecule is N#[N+]c1ccccc1OC(F)(F)C(F)F. The maximum absolute atomic E-state index is 12.5. The molecule has 0 saturated heterocycles. The molecule has 0 spiro atoms. The second kappa shape index (κ2) is 4.13. The average molecular weight is 221 g/mol. The van der Waals surface area contributed by atoms with Gasteiger partial charge in [0.05, 0.1) is 0 Å². The fourth-order valence-electron chi connectivity index (χ4n) is 0.817. The number of ether oxygens (including phenoxy) is 1. The van der Waals surface area contributed by atoms with Crippen LogP contribution in [-0.4, -0.2) is 12.5 Å². The number of alkyl halides is 4. The summed E-state index contributed by atoms with van der Waals surface area (Å²) in [6.07, 6.45) is -8.56. The zero-order valence-corrected chi connectivity index (χ0v) is 7.20. The largest absolute Gasteiger partial charge is 0.461 e. The highest BCUT2D eigenvalue weighted by molar-refractivity contribution is 5.56. The van der Waals surface area contributed by atoms with Crippen LogP contribution in [-0.2, 0) is 0 Å². The number of hydrogen-bond acceptors (Lipinski definition) is 2. The second-order valence-corrected chi connectivity index (χ2v) is 2.53. The Kier molecular flexibility index (Phi) is 3.09. The molecule has 0 aliphatic carbocycles. The molecule has 0 aromatic heterocycles. The van der Waals surface area contributed by atoms with E-state index in [0.717, 1.165) is 12.1 Å². The van der Waals surface area contributed by atoms with Crippen molar-refractivity contribution in [2.24, 2.45) is 0 Å². The molecule has 1 aromatic carbocycles. The highest BCUT2D eigenvalue weighted by atomic mass is 19.3. The van der Waals surface area contributed by atoms with E-state index in [9.17, 15) is 17.6 Å². The van der Waals surface area contributed by atoms with E-state index in [2.05, 4.69) is 9.71 Å². The van der Waals surface area contributed by atoms with Crippen LogP contribution >= 0.6 is 0 Å². The number of benzene rings is 1. The number of hydrogen-bond donors (Lipinski definition) is 0. The second-order valence-electron chi connectivity index (χ2n) is 2.53. The Hall–Kier alpha value is -1.84. The Morgan fingerprint density at radius 1 is 1.27 bits per heavy atom. The Morgan fingerprint density at radius 3 is 2.40 bits per heavy atom. The Labute approximate surface area is 81.9 Å². The van der Waals surface area contributed by atoms with Crippen molar-refractivity contribution in [1.29, 1.82) is 5.39 Å². The number of nitrogens with zero attached hydrogens (tertiary/aromatic N) is 2. The van der Waals surface area contributed by atoms with E-state index < -0.39 is 18.3 Å². The van der Waals surface area contributed by atoms with Gasteiger partial charge in [0.2, 0.25) is 11.1 Å². The molecule has 1 rings (SSSR count). The van der Waals surface area contributed by atoms with Gasteiger partial charge >= 0.3 is 18.2 Å². The van der Waals surface area contributed by atoms with Crippen molar-refractivity contribution >= 4 is 5.69 Å². The van der Waals surface area contributed by atoms with E-state index >= 15 is 0 Å². The van der Waals surface area contributed by atoms with Crippen molar-refractivity contribution in [3.05, 3.63) is 29.2 Å². The molecule has 0 bridgehead atoms. The van der Waals surface area contributed by atoms with Gasteiger partial charge in [-0.05, 0) is 6.07 Å². The van der Waals surface area contributed by atoms with Crippen LogP contribution in [0.3, 0.4) is 0 Å². The lowest BCUT2D eigenvalue weighted by Gasteiger charge is -2.15. The van der Waals surface area contributed by atoms with Crippen LogP contribution in [0.4, 0.5) is 23.2 Å². The van der Waals surface area contributed by atoms with Crippen molar-refractivity contribution in [1.82, 2.24) is 0 Å². The lowest BCUT2D eigenvalue weighted by Crippen LogP contribution is -2.33. The minimum Gasteiger partial charge on any atom is -0.420 e. The molecular formula is C8H5F4N2O+. The molecule has 1 aromatic rings. The maximum atomic E-state index is 12.5. The van der Waals surface area contributed by atoms with Gasteiger partial charge in [0.15, 0.2) is 4.98 Å². The average Bonchev–Trinajstić information content (AvgIpc) is 2.18.